The minimum Gasteiger partial charge on any atom is -0.340 e. The summed E-state index contributed by atoms with van der Waals surface area (Å²) in [4.78, 5) is 12.9. The molecular formula is C13H18N2OS. The third-order valence-corrected chi connectivity index (χ3v) is 3.47. The van der Waals surface area contributed by atoms with Crippen LogP contribution >= 0.6 is 11.3 Å². The van der Waals surface area contributed by atoms with Crippen molar-refractivity contribution in [1.82, 2.24) is 5.32 Å². The summed E-state index contributed by atoms with van der Waals surface area (Å²) in [7, 11) is 0. The van der Waals surface area contributed by atoms with Crippen molar-refractivity contribution in [3.8, 4) is 6.07 Å². The Kier molecular flexibility index (Phi) is 5.71. The molecule has 0 aliphatic carbocycles. The highest BCUT2D eigenvalue weighted by Crippen LogP contribution is 2.12. The quantitative estimate of drug-likeness (QED) is 0.844. The van der Waals surface area contributed by atoms with Crippen LogP contribution in [0.15, 0.2) is 17.5 Å². The van der Waals surface area contributed by atoms with Crippen molar-refractivity contribution in [3.63, 3.8) is 0 Å². The molecule has 0 saturated heterocycles. The zero-order valence-corrected chi connectivity index (χ0v) is 11.1. The number of amides is 1. The standard InChI is InChI=1S/C13H18N2OS/c1-10(2)12(9-14)15-13(16)7-3-5-11-6-4-8-17-11/h4,6,8,10,12H,3,5,7H2,1-2H3,(H,15,16). The van der Waals surface area contributed by atoms with E-state index < -0.39 is 0 Å². The Morgan fingerprint density at radius 3 is 2.88 bits per heavy atom. The van der Waals surface area contributed by atoms with E-state index in [1.807, 2.05) is 25.3 Å². The second-order valence-electron chi connectivity index (χ2n) is 4.35. The van der Waals surface area contributed by atoms with E-state index in [1.165, 1.54) is 4.88 Å². The monoisotopic (exact) mass is 250 g/mol. The van der Waals surface area contributed by atoms with Crippen molar-refractivity contribution in [2.75, 3.05) is 0 Å². The van der Waals surface area contributed by atoms with Gasteiger partial charge in [0.2, 0.25) is 5.91 Å². The maximum absolute atomic E-state index is 11.6. The Morgan fingerprint density at radius 2 is 2.35 bits per heavy atom. The number of hydrogen-bond donors (Lipinski definition) is 1. The van der Waals surface area contributed by atoms with E-state index in [0.29, 0.717) is 6.42 Å². The van der Waals surface area contributed by atoms with Crippen LogP contribution in [0.1, 0.15) is 31.6 Å². The molecule has 1 N–H and O–H groups in total. The molecule has 0 bridgehead atoms. The van der Waals surface area contributed by atoms with Gasteiger partial charge in [0.15, 0.2) is 0 Å². The molecule has 1 atom stereocenters. The summed E-state index contributed by atoms with van der Waals surface area (Å²) in [6.45, 7) is 3.86. The Morgan fingerprint density at radius 1 is 1.59 bits per heavy atom. The first-order valence-corrected chi connectivity index (χ1v) is 6.73. The van der Waals surface area contributed by atoms with Crippen LogP contribution in [0.2, 0.25) is 0 Å². The molecule has 0 saturated carbocycles. The Labute approximate surface area is 106 Å². The average molecular weight is 250 g/mol. The van der Waals surface area contributed by atoms with Crippen LogP contribution in [-0.4, -0.2) is 11.9 Å². The highest BCUT2D eigenvalue weighted by Gasteiger charge is 2.14. The third-order valence-electron chi connectivity index (χ3n) is 2.53. The summed E-state index contributed by atoms with van der Waals surface area (Å²) < 4.78 is 0. The van der Waals surface area contributed by atoms with Crippen molar-refractivity contribution in [1.29, 1.82) is 5.26 Å². The van der Waals surface area contributed by atoms with Gasteiger partial charge in [-0.3, -0.25) is 4.79 Å². The van der Waals surface area contributed by atoms with Gasteiger partial charge in [0, 0.05) is 11.3 Å². The maximum Gasteiger partial charge on any atom is 0.221 e. The SMILES string of the molecule is CC(C)C(C#N)NC(=O)CCCc1cccs1. The molecular weight excluding hydrogens is 232 g/mol. The van der Waals surface area contributed by atoms with Gasteiger partial charge >= 0.3 is 0 Å². The molecule has 0 fully saturated rings. The molecule has 0 aliphatic rings. The second-order valence-corrected chi connectivity index (χ2v) is 5.38. The number of nitriles is 1. The zero-order valence-electron chi connectivity index (χ0n) is 10.3. The number of carbonyl (C=O) groups excluding carboxylic acids is 1. The summed E-state index contributed by atoms with van der Waals surface area (Å²) in [5.74, 6) is 0.128. The minimum atomic E-state index is -0.371. The van der Waals surface area contributed by atoms with Gasteiger partial charge in [-0.25, -0.2) is 0 Å². The maximum atomic E-state index is 11.6. The molecule has 1 heterocycles. The lowest BCUT2D eigenvalue weighted by Crippen LogP contribution is -2.37. The molecule has 1 rings (SSSR count). The van der Waals surface area contributed by atoms with Crippen LogP contribution < -0.4 is 5.32 Å². The van der Waals surface area contributed by atoms with Crippen molar-refractivity contribution < 1.29 is 4.79 Å². The number of carbonyl (C=O) groups is 1. The number of thiophene rings is 1. The van der Waals surface area contributed by atoms with Crippen molar-refractivity contribution in [2.45, 2.75) is 39.2 Å². The van der Waals surface area contributed by atoms with Crippen LogP contribution in [0, 0.1) is 17.2 Å². The molecule has 1 amide bonds. The molecule has 92 valence electrons. The fraction of sp³-hybridized carbons (Fsp3) is 0.538. The average Bonchev–Trinajstić information content (AvgIpc) is 2.78. The number of nitrogens with zero attached hydrogens (tertiary/aromatic N) is 1. The fourth-order valence-corrected chi connectivity index (χ4v) is 2.22. The smallest absolute Gasteiger partial charge is 0.221 e. The van der Waals surface area contributed by atoms with Crippen molar-refractivity contribution >= 4 is 17.2 Å². The first-order valence-electron chi connectivity index (χ1n) is 5.85. The molecule has 3 nitrogen and oxygen atoms in total. The van der Waals surface area contributed by atoms with E-state index in [-0.39, 0.29) is 17.9 Å². The van der Waals surface area contributed by atoms with E-state index in [0.717, 1.165) is 12.8 Å². The zero-order chi connectivity index (χ0) is 12.7. The topological polar surface area (TPSA) is 52.9 Å². The molecule has 0 aliphatic heterocycles. The van der Waals surface area contributed by atoms with Gasteiger partial charge in [-0.05, 0) is 30.2 Å². The summed E-state index contributed by atoms with van der Waals surface area (Å²) in [6.07, 6.45) is 2.26. The summed E-state index contributed by atoms with van der Waals surface area (Å²) in [6, 6.07) is 5.83. The molecule has 1 aromatic heterocycles. The first-order chi connectivity index (χ1) is 8.13. The molecule has 0 aromatic carbocycles. The van der Waals surface area contributed by atoms with Crippen molar-refractivity contribution in [3.05, 3.63) is 22.4 Å². The van der Waals surface area contributed by atoms with Crippen LogP contribution in [0.25, 0.3) is 0 Å². The number of rotatable bonds is 6. The molecule has 17 heavy (non-hydrogen) atoms. The Hall–Kier alpha value is -1.34. The van der Waals surface area contributed by atoms with Crippen LogP contribution in [0.3, 0.4) is 0 Å². The summed E-state index contributed by atoms with van der Waals surface area (Å²) in [5.41, 5.74) is 0. The number of aryl methyl sites for hydroxylation is 1. The predicted molar refractivity (Wildman–Crippen MR) is 69.6 cm³/mol. The van der Waals surface area contributed by atoms with Crippen LogP contribution in [0.4, 0.5) is 0 Å². The van der Waals surface area contributed by atoms with Gasteiger partial charge < -0.3 is 5.32 Å². The van der Waals surface area contributed by atoms with Gasteiger partial charge in [-0.2, -0.15) is 5.26 Å². The normalized spacial score (nSPS) is 12.1. The summed E-state index contributed by atoms with van der Waals surface area (Å²) in [5, 5.41) is 13.6. The first kappa shape index (κ1) is 13.7. The molecule has 0 radical (unpaired) electrons. The van der Waals surface area contributed by atoms with Crippen LogP contribution in [0.5, 0.6) is 0 Å². The Balaban J connectivity index is 2.24. The van der Waals surface area contributed by atoms with Gasteiger partial charge in [0.1, 0.15) is 6.04 Å². The molecule has 0 spiro atoms. The second kappa shape index (κ2) is 7.08. The van der Waals surface area contributed by atoms with Crippen LogP contribution in [-0.2, 0) is 11.2 Å². The fourth-order valence-electron chi connectivity index (χ4n) is 1.47. The third kappa shape index (κ3) is 5.01. The van der Waals surface area contributed by atoms with Gasteiger partial charge in [-0.1, -0.05) is 19.9 Å². The minimum absolute atomic E-state index is 0.0261. The Bertz CT molecular complexity index is 379. The summed E-state index contributed by atoms with van der Waals surface area (Å²) >= 11 is 1.71. The van der Waals surface area contributed by atoms with Gasteiger partial charge in [0.25, 0.3) is 0 Å². The lowest BCUT2D eigenvalue weighted by Gasteiger charge is -2.14. The van der Waals surface area contributed by atoms with E-state index in [4.69, 9.17) is 5.26 Å². The lowest BCUT2D eigenvalue weighted by atomic mass is 10.1. The number of nitrogens with one attached hydrogen (secondary N) is 1. The highest BCUT2D eigenvalue weighted by atomic mass is 32.1. The van der Waals surface area contributed by atoms with E-state index >= 15 is 0 Å². The van der Waals surface area contributed by atoms with E-state index in [1.54, 1.807) is 11.3 Å². The van der Waals surface area contributed by atoms with Gasteiger partial charge in [-0.15, -0.1) is 11.3 Å². The molecule has 4 heteroatoms. The highest BCUT2D eigenvalue weighted by molar-refractivity contribution is 7.09. The van der Waals surface area contributed by atoms with Gasteiger partial charge in [0.05, 0.1) is 6.07 Å². The largest absolute Gasteiger partial charge is 0.340 e. The lowest BCUT2D eigenvalue weighted by molar-refractivity contribution is -0.121. The molecule has 1 aromatic rings. The van der Waals surface area contributed by atoms with E-state index in [2.05, 4.69) is 17.5 Å². The molecule has 1 unspecified atom stereocenters. The van der Waals surface area contributed by atoms with Crippen molar-refractivity contribution in [2.24, 2.45) is 5.92 Å². The van der Waals surface area contributed by atoms with E-state index in [9.17, 15) is 4.79 Å². The number of hydrogen-bond acceptors (Lipinski definition) is 3. The predicted octanol–water partition coefficient (Wildman–Crippen LogP) is 2.74.